The van der Waals surface area contributed by atoms with Crippen LogP contribution in [0.4, 0.5) is 0 Å². The summed E-state index contributed by atoms with van der Waals surface area (Å²) in [5.41, 5.74) is 2.58. The Morgan fingerprint density at radius 3 is 2.78 bits per heavy atom. The predicted molar refractivity (Wildman–Crippen MR) is 96.8 cm³/mol. The van der Waals surface area contributed by atoms with Crippen LogP contribution in [0.2, 0.25) is 0 Å². The molecular formula is C19H24N4O4. The van der Waals surface area contributed by atoms with E-state index in [0.717, 1.165) is 24.2 Å². The Hall–Kier alpha value is -2.29. The van der Waals surface area contributed by atoms with E-state index in [1.54, 1.807) is 12.0 Å². The smallest absolute Gasteiger partial charge is 0.255 e. The first-order chi connectivity index (χ1) is 13.0. The highest BCUT2D eigenvalue weighted by molar-refractivity contribution is 6.05. The van der Waals surface area contributed by atoms with E-state index < -0.39 is 6.04 Å². The van der Waals surface area contributed by atoms with Crippen molar-refractivity contribution < 1.29 is 19.1 Å². The van der Waals surface area contributed by atoms with E-state index in [-0.39, 0.29) is 29.7 Å². The summed E-state index contributed by atoms with van der Waals surface area (Å²) in [6.45, 7) is 3.34. The summed E-state index contributed by atoms with van der Waals surface area (Å²) in [4.78, 5) is 38.0. The van der Waals surface area contributed by atoms with Gasteiger partial charge >= 0.3 is 0 Å². The van der Waals surface area contributed by atoms with Crippen LogP contribution in [0.3, 0.4) is 0 Å². The molecule has 0 aromatic heterocycles. The van der Waals surface area contributed by atoms with Crippen molar-refractivity contribution in [1.29, 1.82) is 0 Å². The Kier molecular flexibility index (Phi) is 4.71. The third-order valence-electron chi connectivity index (χ3n) is 5.68. The van der Waals surface area contributed by atoms with Crippen molar-refractivity contribution in [2.24, 2.45) is 0 Å². The van der Waals surface area contributed by atoms with Gasteiger partial charge in [0.25, 0.3) is 5.91 Å². The number of benzene rings is 1. The first-order valence-corrected chi connectivity index (χ1v) is 9.23. The van der Waals surface area contributed by atoms with Crippen LogP contribution >= 0.6 is 0 Å². The number of nitrogens with one attached hydrogen (secondary N) is 3. The van der Waals surface area contributed by atoms with Crippen molar-refractivity contribution in [1.82, 2.24) is 20.9 Å². The number of ether oxygens (including phenoxy) is 1. The summed E-state index contributed by atoms with van der Waals surface area (Å²) in [6, 6.07) is 5.12. The number of rotatable bonds is 6. The molecule has 4 rings (SSSR count). The molecule has 1 aromatic rings. The van der Waals surface area contributed by atoms with Gasteiger partial charge in [-0.1, -0.05) is 12.1 Å². The van der Waals surface area contributed by atoms with E-state index in [4.69, 9.17) is 4.74 Å². The molecule has 0 radical (unpaired) electrons. The number of carbonyl (C=O) groups excluding carboxylic acids is 3. The van der Waals surface area contributed by atoms with Gasteiger partial charge in [-0.05, 0) is 23.6 Å². The van der Waals surface area contributed by atoms with Crippen molar-refractivity contribution in [3.05, 3.63) is 34.9 Å². The maximum Gasteiger partial charge on any atom is 0.255 e. The minimum absolute atomic E-state index is 0.0800. The molecule has 1 aromatic carbocycles. The molecule has 8 nitrogen and oxygen atoms in total. The van der Waals surface area contributed by atoms with Gasteiger partial charge in [-0.15, -0.1) is 0 Å². The average molecular weight is 372 g/mol. The lowest BCUT2D eigenvalue weighted by Gasteiger charge is -2.43. The van der Waals surface area contributed by atoms with Crippen molar-refractivity contribution in [2.75, 3.05) is 26.8 Å². The minimum atomic E-state index is -0.584. The molecule has 3 aliphatic heterocycles. The van der Waals surface area contributed by atoms with Crippen LogP contribution in [0.15, 0.2) is 18.2 Å². The highest BCUT2D eigenvalue weighted by Crippen LogP contribution is 2.30. The monoisotopic (exact) mass is 372 g/mol. The Labute approximate surface area is 157 Å². The lowest BCUT2D eigenvalue weighted by atomic mass is 9.92. The van der Waals surface area contributed by atoms with Gasteiger partial charge in [0.1, 0.15) is 6.04 Å². The SMILES string of the molecule is COCC1(NCc2cccc3c2CN(C2CCC(=O)NC2=O)C3=O)CNC1. The van der Waals surface area contributed by atoms with Gasteiger partial charge in [-0.3, -0.25) is 19.7 Å². The van der Waals surface area contributed by atoms with Crippen LogP contribution in [0, 0.1) is 0 Å². The summed E-state index contributed by atoms with van der Waals surface area (Å²) in [6.07, 6.45) is 0.637. The standard InChI is InChI=1S/C19H24N4O4/c1-27-11-19(9-20-10-19)21-7-12-3-2-4-13-14(12)8-23(18(13)26)15-5-6-16(24)22-17(15)25/h2-4,15,20-21H,5-11H2,1H3,(H,22,24,25). The third kappa shape index (κ3) is 3.24. The summed E-state index contributed by atoms with van der Waals surface area (Å²) in [7, 11) is 1.69. The first-order valence-electron chi connectivity index (χ1n) is 9.23. The maximum atomic E-state index is 12.9. The van der Waals surface area contributed by atoms with Crippen LogP contribution in [-0.2, 0) is 27.4 Å². The molecule has 0 aliphatic carbocycles. The highest BCUT2D eigenvalue weighted by atomic mass is 16.5. The molecule has 1 unspecified atom stereocenters. The Balaban J connectivity index is 1.51. The van der Waals surface area contributed by atoms with Crippen molar-refractivity contribution in [3.63, 3.8) is 0 Å². The molecule has 144 valence electrons. The minimum Gasteiger partial charge on any atom is -0.383 e. The average Bonchev–Trinajstić information content (AvgIpc) is 2.95. The number of nitrogens with zero attached hydrogens (tertiary/aromatic N) is 1. The molecule has 2 fully saturated rings. The summed E-state index contributed by atoms with van der Waals surface area (Å²) >= 11 is 0. The Bertz CT molecular complexity index is 790. The zero-order chi connectivity index (χ0) is 19.0. The summed E-state index contributed by atoms with van der Waals surface area (Å²) in [5, 5.41) is 9.16. The van der Waals surface area contributed by atoms with Gasteiger partial charge in [0.05, 0.1) is 12.1 Å². The van der Waals surface area contributed by atoms with Crippen molar-refractivity contribution >= 4 is 17.7 Å². The second-order valence-corrected chi connectivity index (χ2v) is 7.51. The number of carbonyl (C=O) groups is 3. The number of imide groups is 1. The van der Waals surface area contributed by atoms with Crippen LogP contribution in [-0.4, -0.2) is 61.0 Å². The second kappa shape index (κ2) is 7.03. The number of amides is 3. The fraction of sp³-hybridized carbons (Fsp3) is 0.526. The molecule has 0 spiro atoms. The highest BCUT2D eigenvalue weighted by Gasteiger charge is 2.40. The van der Waals surface area contributed by atoms with Gasteiger partial charge in [0.2, 0.25) is 11.8 Å². The number of fused-ring (bicyclic) bond motifs is 1. The topological polar surface area (TPSA) is 99.8 Å². The number of hydrogen-bond acceptors (Lipinski definition) is 6. The predicted octanol–water partition coefficient (Wildman–Crippen LogP) is -0.474. The van der Waals surface area contributed by atoms with E-state index in [1.165, 1.54) is 0 Å². The number of hydrogen-bond donors (Lipinski definition) is 3. The van der Waals surface area contributed by atoms with E-state index in [2.05, 4.69) is 16.0 Å². The lowest BCUT2D eigenvalue weighted by Crippen LogP contribution is -2.69. The third-order valence-corrected chi connectivity index (χ3v) is 5.68. The quantitative estimate of drug-likeness (QED) is 0.584. The normalized spacial score (nSPS) is 23.8. The molecule has 2 saturated heterocycles. The van der Waals surface area contributed by atoms with Crippen molar-refractivity contribution in [2.45, 2.75) is 37.5 Å². The fourth-order valence-corrected chi connectivity index (χ4v) is 4.08. The van der Waals surface area contributed by atoms with E-state index >= 15 is 0 Å². The largest absolute Gasteiger partial charge is 0.383 e. The van der Waals surface area contributed by atoms with Crippen molar-refractivity contribution in [3.8, 4) is 0 Å². The molecule has 3 aliphatic rings. The Morgan fingerprint density at radius 1 is 1.30 bits per heavy atom. The van der Waals surface area contributed by atoms with Crippen LogP contribution < -0.4 is 16.0 Å². The molecular weight excluding hydrogens is 348 g/mol. The molecule has 8 heteroatoms. The maximum absolute atomic E-state index is 12.9. The van der Waals surface area contributed by atoms with E-state index in [9.17, 15) is 14.4 Å². The van der Waals surface area contributed by atoms with Crippen LogP contribution in [0.25, 0.3) is 0 Å². The molecule has 0 bridgehead atoms. The zero-order valence-corrected chi connectivity index (χ0v) is 15.3. The van der Waals surface area contributed by atoms with E-state index in [1.807, 2.05) is 18.2 Å². The van der Waals surface area contributed by atoms with Gasteiger partial charge in [0, 0.05) is 45.3 Å². The van der Waals surface area contributed by atoms with Gasteiger partial charge in [-0.2, -0.15) is 0 Å². The zero-order valence-electron chi connectivity index (χ0n) is 15.3. The molecule has 3 N–H and O–H groups in total. The fourth-order valence-electron chi connectivity index (χ4n) is 4.08. The van der Waals surface area contributed by atoms with E-state index in [0.29, 0.717) is 31.7 Å². The summed E-state index contributed by atoms with van der Waals surface area (Å²) < 4.78 is 5.33. The van der Waals surface area contributed by atoms with Crippen LogP contribution in [0.1, 0.15) is 34.3 Å². The van der Waals surface area contributed by atoms with Crippen LogP contribution in [0.5, 0.6) is 0 Å². The van der Waals surface area contributed by atoms with Gasteiger partial charge in [0.15, 0.2) is 0 Å². The second-order valence-electron chi connectivity index (χ2n) is 7.51. The molecule has 3 amide bonds. The Morgan fingerprint density at radius 2 is 2.11 bits per heavy atom. The molecule has 27 heavy (non-hydrogen) atoms. The molecule has 0 saturated carbocycles. The first kappa shape index (κ1) is 18.1. The lowest BCUT2D eigenvalue weighted by molar-refractivity contribution is -0.136. The number of piperidine rings is 1. The number of methoxy groups -OCH3 is 1. The molecule has 1 atom stereocenters. The van der Waals surface area contributed by atoms with Gasteiger partial charge in [-0.25, -0.2) is 0 Å². The van der Waals surface area contributed by atoms with Gasteiger partial charge < -0.3 is 20.3 Å². The summed E-state index contributed by atoms with van der Waals surface area (Å²) in [5.74, 6) is -0.798. The molecule has 3 heterocycles.